The first-order chi connectivity index (χ1) is 7.74. The van der Waals surface area contributed by atoms with Crippen molar-refractivity contribution in [3.05, 3.63) is 10.4 Å². The van der Waals surface area contributed by atoms with Crippen LogP contribution in [0.25, 0.3) is 10.4 Å². The van der Waals surface area contributed by atoms with Crippen LogP contribution in [0.5, 0.6) is 0 Å². The van der Waals surface area contributed by atoms with Gasteiger partial charge in [-0.1, -0.05) is 5.11 Å². The van der Waals surface area contributed by atoms with Gasteiger partial charge in [0.1, 0.15) is 0 Å². The minimum absolute atomic E-state index is 0.274. The number of amides is 3. The molecule has 94 valence electrons. The van der Waals surface area contributed by atoms with Crippen LogP contribution in [0.1, 0.15) is 6.92 Å². The van der Waals surface area contributed by atoms with Crippen LogP contribution in [0, 0.1) is 0 Å². The first-order valence-electron chi connectivity index (χ1n) is 4.45. The van der Waals surface area contributed by atoms with Crippen LogP contribution in [0.4, 0.5) is 18.0 Å². The number of carbonyl (C=O) groups is 2. The summed E-state index contributed by atoms with van der Waals surface area (Å²) in [5.74, 6) is -1.40. The molecule has 1 atom stereocenters. The Hall–Kier alpha value is -1.96. The van der Waals surface area contributed by atoms with Gasteiger partial charge in [0.25, 0.3) is 5.91 Å². The van der Waals surface area contributed by atoms with E-state index in [9.17, 15) is 22.8 Å². The highest BCUT2D eigenvalue weighted by Gasteiger charge is 2.64. The summed E-state index contributed by atoms with van der Waals surface area (Å²) in [6.45, 7) is -0.0786. The number of hydrogen-bond acceptors (Lipinski definition) is 3. The van der Waals surface area contributed by atoms with E-state index < -0.39 is 23.7 Å². The third kappa shape index (κ3) is 2.11. The lowest BCUT2D eigenvalue weighted by atomic mass is 10.0. The van der Waals surface area contributed by atoms with Crippen LogP contribution in [0.2, 0.25) is 0 Å². The lowest BCUT2D eigenvalue weighted by Crippen LogP contribution is -2.56. The second kappa shape index (κ2) is 4.13. The van der Waals surface area contributed by atoms with Crippen molar-refractivity contribution in [3.8, 4) is 0 Å². The van der Waals surface area contributed by atoms with E-state index in [0.29, 0.717) is 11.8 Å². The van der Waals surface area contributed by atoms with E-state index in [0.717, 1.165) is 0 Å². The highest BCUT2D eigenvalue weighted by Crippen LogP contribution is 2.34. The molecule has 1 N–H and O–H groups in total. The summed E-state index contributed by atoms with van der Waals surface area (Å²) in [5.41, 5.74) is 5.06. The number of rotatable bonds is 3. The number of azide groups is 1. The summed E-state index contributed by atoms with van der Waals surface area (Å²) in [6, 6.07) is -1.15. The Labute approximate surface area is 93.2 Å². The minimum Gasteiger partial charge on any atom is -0.316 e. The fourth-order valence-electron chi connectivity index (χ4n) is 1.28. The number of alkyl halides is 3. The number of imide groups is 1. The fourth-order valence-corrected chi connectivity index (χ4v) is 1.28. The maximum absolute atomic E-state index is 12.6. The molecule has 0 aromatic heterocycles. The van der Waals surface area contributed by atoms with Gasteiger partial charge in [0.2, 0.25) is 5.54 Å². The Morgan fingerprint density at radius 1 is 1.53 bits per heavy atom. The predicted molar refractivity (Wildman–Crippen MR) is 48.7 cm³/mol. The zero-order valence-electron chi connectivity index (χ0n) is 8.65. The minimum atomic E-state index is -4.88. The van der Waals surface area contributed by atoms with Gasteiger partial charge in [-0.2, -0.15) is 13.2 Å². The average molecular weight is 251 g/mol. The molecule has 7 nitrogen and oxygen atoms in total. The summed E-state index contributed by atoms with van der Waals surface area (Å²) in [6.07, 6.45) is -4.88. The summed E-state index contributed by atoms with van der Waals surface area (Å²) < 4.78 is 37.8. The number of nitrogens with zero attached hydrogens (tertiary/aromatic N) is 4. The molecular weight excluding hydrogens is 243 g/mol. The van der Waals surface area contributed by atoms with Crippen LogP contribution in [-0.2, 0) is 4.79 Å². The van der Waals surface area contributed by atoms with Crippen molar-refractivity contribution in [2.75, 3.05) is 13.1 Å². The lowest BCUT2D eigenvalue weighted by Gasteiger charge is -2.24. The fraction of sp³-hybridized carbons (Fsp3) is 0.714. The highest BCUT2D eigenvalue weighted by molar-refractivity contribution is 6.07. The third-order valence-electron chi connectivity index (χ3n) is 2.33. The van der Waals surface area contributed by atoms with E-state index in [4.69, 9.17) is 5.53 Å². The standard InChI is InChI=1S/C7H8F3N5O2/c1-6(7(8,9)10)4(16)15(5(17)13-6)3-2-12-14-11/h2-3H2,1H3,(H,13,17). The molecule has 0 aromatic rings. The molecule has 0 saturated carbocycles. The molecule has 0 aliphatic carbocycles. The zero-order chi connectivity index (χ0) is 13.3. The molecule has 1 saturated heterocycles. The largest absolute Gasteiger partial charge is 0.420 e. The van der Waals surface area contributed by atoms with Crippen LogP contribution in [0.3, 0.4) is 0 Å². The van der Waals surface area contributed by atoms with Gasteiger partial charge in [-0.3, -0.25) is 9.69 Å². The van der Waals surface area contributed by atoms with E-state index in [1.54, 1.807) is 5.32 Å². The number of nitrogens with one attached hydrogen (secondary N) is 1. The number of urea groups is 1. The Morgan fingerprint density at radius 3 is 2.53 bits per heavy atom. The van der Waals surface area contributed by atoms with E-state index >= 15 is 0 Å². The zero-order valence-corrected chi connectivity index (χ0v) is 8.65. The van der Waals surface area contributed by atoms with Gasteiger partial charge in [-0.15, -0.1) is 0 Å². The van der Waals surface area contributed by atoms with Gasteiger partial charge < -0.3 is 5.32 Å². The average Bonchev–Trinajstić information content (AvgIpc) is 2.42. The first-order valence-corrected chi connectivity index (χ1v) is 4.45. The smallest absolute Gasteiger partial charge is 0.316 e. The van der Waals surface area contributed by atoms with Crippen LogP contribution in [0.15, 0.2) is 5.11 Å². The molecule has 0 aromatic carbocycles. The molecule has 1 rings (SSSR count). The second-order valence-electron chi connectivity index (χ2n) is 3.46. The SMILES string of the molecule is CC1(C(F)(F)F)NC(=O)N(CCN=[N+]=[N-])C1=O. The monoisotopic (exact) mass is 251 g/mol. The number of carbonyl (C=O) groups excluding carboxylic acids is 2. The molecular formula is C7H8F3N5O2. The topological polar surface area (TPSA) is 98.2 Å². The summed E-state index contributed by atoms with van der Waals surface area (Å²) in [7, 11) is 0. The van der Waals surface area contributed by atoms with E-state index in [1.807, 2.05) is 0 Å². The van der Waals surface area contributed by atoms with Gasteiger partial charge in [-0.05, 0) is 12.5 Å². The normalized spacial score (nSPS) is 24.6. The van der Waals surface area contributed by atoms with Crippen molar-refractivity contribution in [3.63, 3.8) is 0 Å². The summed E-state index contributed by atoms with van der Waals surface area (Å²) in [5, 5.41) is 4.61. The van der Waals surface area contributed by atoms with Crippen molar-refractivity contribution >= 4 is 11.9 Å². The quantitative estimate of drug-likeness (QED) is 0.352. The van der Waals surface area contributed by atoms with Crippen LogP contribution in [-0.4, -0.2) is 41.6 Å². The van der Waals surface area contributed by atoms with Crippen molar-refractivity contribution in [2.45, 2.75) is 18.6 Å². The molecule has 1 aliphatic rings. The molecule has 17 heavy (non-hydrogen) atoms. The third-order valence-corrected chi connectivity index (χ3v) is 2.33. The van der Waals surface area contributed by atoms with Gasteiger partial charge >= 0.3 is 12.2 Å². The van der Waals surface area contributed by atoms with Gasteiger partial charge in [-0.25, -0.2) is 4.79 Å². The Kier molecular flexibility index (Phi) is 3.18. The van der Waals surface area contributed by atoms with Gasteiger partial charge in [0.05, 0.1) is 0 Å². The van der Waals surface area contributed by atoms with Gasteiger partial charge in [0, 0.05) is 18.0 Å². The molecule has 1 heterocycles. The van der Waals surface area contributed by atoms with Crippen molar-refractivity contribution in [1.82, 2.24) is 10.2 Å². The van der Waals surface area contributed by atoms with Crippen LogP contribution >= 0.6 is 0 Å². The maximum atomic E-state index is 12.6. The molecule has 10 heteroatoms. The van der Waals surface area contributed by atoms with E-state index in [-0.39, 0.29) is 13.1 Å². The molecule has 0 radical (unpaired) electrons. The van der Waals surface area contributed by atoms with Crippen molar-refractivity contribution < 1.29 is 22.8 Å². The first kappa shape index (κ1) is 13.1. The molecule has 0 spiro atoms. The van der Waals surface area contributed by atoms with Crippen molar-refractivity contribution in [2.24, 2.45) is 5.11 Å². The lowest BCUT2D eigenvalue weighted by molar-refractivity contribution is -0.191. The molecule has 3 amide bonds. The Balaban J connectivity index is 2.89. The highest BCUT2D eigenvalue weighted by atomic mass is 19.4. The summed E-state index contributed by atoms with van der Waals surface area (Å²) >= 11 is 0. The van der Waals surface area contributed by atoms with Crippen LogP contribution < -0.4 is 5.32 Å². The van der Waals surface area contributed by atoms with Gasteiger partial charge in [0.15, 0.2) is 0 Å². The van der Waals surface area contributed by atoms with E-state index in [2.05, 4.69) is 10.0 Å². The Morgan fingerprint density at radius 2 is 2.12 bits per heavy atom. The van der Waals surface area contributed by atoms with E-state index in [1.165, 1.54) is 0 Å². The predicted octanol–water partition coefficient (Wildman–Crippen LogP) is 1.17. The molecule has 1 unspecified atom stereocenters. The number of halogens is 3. The Bertz CT molecular complexity index is 403. The summed E-state index contributed by atoms with van der Waals surface area (Å²) in [4.78, 5) is 25.4. The number of hydrogen-bond donors (Lipinski definition) is 1. The molecule has 0 bridgehead atoms. The van der Waals surface area contributed by atoms with Crippen molar-refractivity contribution in [1.29, 1.82) is 0 Å². The molecule has 1 fully saturated rings. The maximum Gasteiger partial charge on any atom is 0.420 e. The molecule has 1 aliphatic heterocycles. The second-order valence-corrected chi connectivity index (χ2v) is 3.46.